The molecular formula is C21H20BrClF2N4O. The predicted octanol–water partition coefficient (Wildman–Crippen LogP) is 5.05. The zero-order valence-corrected chi connectivity index (χ0v) is 18.3. The molecule has 2 aromatic carbocycles. The average Bonchev–Trinajstić information content (AvgIpc) is 3.16. The molecule has 3 aromatic rings. The average molecular weight is 498 g/mol. The number of anilines is 1. The second-order valence-corrected chi connectivity index (χ2v) is 7.85. The summed E-state index contributed by atoms with van der Waals surface area (Å²) >= 11 is 3.21. The van der Waals surface area contributed by atoms with Gasteiger partial charge < -0.3 is 10.6 Å². The van der Waals surface area contributed by atoms with Gasteiger partial charge in [0, 0.05) is 10.4 Å². The van der Waals surface area contributed by atoms with Gasteiger partial charge in [0.05, 0.1) is 28.8 Å². The lowest BCUT2D eigenvalue weighted by Crippen LogP contribution is -2.29. The number of piperidine rings is 1. The zero-order valence-electron chi connectivity index (χ0n) is 15.9. The molecule has 1 aliphatic rings. The molecule has 158 valence electrons. The van der Waals surface area contributed by atoms with Gasteiger partial charge in [-0.3, -0.25) is 4.79 Å². The fourth-order valence-corrected chi connectivity index (χ4v) is 3.92. The van der Waals surface area contributed by atoms with E-state index >= 15 is 0 Å². The minimum Gasteiger partial charge on any atom is -0.319 e. The van der Waals surface area contributed by atoms with Gasteiger partial charge in [0.25, 0.3) is 5.91 Å². The smallest absolute Gasteiger partial charge is 0.259 e. The first-order chi connectivity index (χ1) is 14.0. The Balaban J connectivity index is 0.00000256. The minimum atomic E-state index is -0.526. The number of amides is 1. The van der Waals surface area contributed by atoms with Crippen LogP contribution >= 0.6 is 28.3 Å². The molecule has 0 bridgehead atoms. The summed E-state index contributed by atoms with van der Waals surface area (Å²) < 4.78 is 29.8. The van der Waals surface area contributed by atoms with Crippen molar-refractivity contribution in [1.82, 2.24) is 15.1 Å². The van der Waals surface area contributed by atoms with Crippen LogP contribution in [0.1, 0.15) is 34.8 Å². The van der Waals surface area contributed by atoms with Gasteiger partial charge in [-0.15, -0.1) is 12.4 Å². The Morgan fingerprint density at radius 2 is 1.83 bits per heavy atom. The van der Waals surface area contributed by atoms with Crippen LogP contribution in [0.3, 0.4) is 0 Å². The maximum absolute atomic E-state index is 14.2. The van der Waals surface area contributed by atoms with Gasteiger partial charge in [0.15, 0.2) is 0 Å². The van der Waals surface area contributed by atoms with Crippen molar-refractivity contribution in [1.29, 1.82) is 0 Å². The van der Waals surface area contributed by atoms with Gasteiger partial charge in [-0.25, -0.2) is 13.5 Å². The third kappa shape index (κ3) is 4.71. The summed E-state index contributed by atoms with van der Waals surface area (Å²) in [4.78, 5) is 13.0. The fourth-order valence-electron chi connectivity index (χ4n) is 3.59. The molecule has 0 spiro atoms. The van der Waals surface area contributed by atoms with E-state index in [2.05, 4.69) is 31.7 Å². The number of aromatic nitrogens is 2. The summed E-state index contributed by atoms with van der Waals surface area (Å²) in [5.41, 5.74) is 1.93. The largest absolute Gasteiger partial charge is 0.319 e. The highest BCUT2D eigenvalue weighted by atomic mass is 79.9. The monoisotopic (exact) mass is 496 g/mol. The number of nitrogens with one attached hydrogen (secondary N) is 2. The normalized spacial score (nSPS) is 14.2. The zero-order chi connectivity index (χ0) is 20.4. The van der Waals surface area contributed by atoms with E-state index in [9.17, 15) is 13.6 Å². The molecule has 0 aliphatic carbocycles. The SMILES string of the molecule is Cl.O=C(Nc1ccc(Br)cc1F)c1cnn(-c2ccc(F)cc2)c1C1CCNCC1. The number of benzene rings is 2. The topological polar surface area (TPSA) is 59.0 Å². The van der Waals surface area contributed by atoms with Crippen molar-refractivity contribution >= 4 is 39.9 Å². The van der Waals surface area contributed by atoms with Gasteiger partial charge in [-0.05, 0) is 68.4 Å². The minimum absolute atomic E-state index is 0. The van der Waals surface area contributed by atoms with E-state index in [1.807, 2.05) is 0 Å². The molecule has 1 aromatic heterocycles. The van der Waals surface area contributed by atoms with E-state index < -0.39 is 11.7 Å². The highest BCUT2D eigenvalue weighted by Gasteiger charge is 2.27. The molecule has 30 heavy (non-hydrogen) atoms. The number of rotatable bonds is 4. The number of halogens is 4. The molecule has 0 atom stereocenters. The standard InChI is InChI=1S/C21H19BrF2N4O.ClH/c22-14-1-6-19(18(24)11-14)27-21(29)17-12-26-28(16-4-2-15(23)3-5-16)20(17)13-7-9-25-10-8-13;/h1-6,11-13,25H,7-10H2,(H,27,29);1H. The first kappa shape index (κ1) is 22.4. The molecular weight excluding hydrogens is 478 g/mol. The van der Waals surface area contributed by atoms with Gasteiger partial charge in [-0.2, -0.15) is 5.10 Å². The second-order valence-electron chi connectivity index (χ2n) is 6.93. The summed E-state index contributed by atoms with van der Waals surface area (Å²) in [6, 6.07) is 10.4. The van der Waals surface area contributed by atoms with E-state index in [1.165, 1.54) is 30.5 Å². The summed E-state index contributed by atoms with van der Waals surface area (Å²) in [5.74, 6) is -1.18. The number of nitrogens with zero attached hydrogens (tertiary/aromatic N) is 2. The lowest BCUT2D eigenvalue weighted by Gasteiger charge is -2.24. The number of carbonyl (C=O) groups excluding carboxylic acids is 1. The van der Waals surface area contributed by atoms with Crippen LogP contribution < -0.4 is 10.6 Å². The van der Waals surface area contributed by atoms with Crippen LogP contribution in [0.2, 0.25) is 0 Å². The Bertz CT molecular complexity index is 1040. The summed E-state index contributed by atoms with van der Waals surface area (Å²) in [5, 5.41) is 10.4. The molecule has 5 nitrogen and oxygen atoms in total. The third-order valence-corrected chi connectivity index (χ3v) is 5.52. The summed E-state index contributed by atoms with van der Waals surface area (Å²) in [7, 11) is 0. The molecule has 0 saturated carbocycles. The van der Waals surface area contributed by atoms with Gasteiger partial charge in [0.2, 0.25) is 0 Å². The van der Waals surface area contributed by atoms with Gasteiger partial charge in [-0.1, -0.05) is 15.9 Å². The van der Waals surface area contributed by atoms with Crippen molar-refractivity contribution in [2.24, 2.45) is 0 Å². The van der Waals surface area contributed by atoms with Crippen molar-refractivity contribution in [3.63, 3.8) is 0 Å². The van der Waals surface area contributed by atoms with Crippen LogP contribution in [0.25, 0.3) is 5.69 Å². The Labute approximate surface area is 187 Å². The number of hydrogen-bond donors (Lipinski definition) is 2. The molecule has 9 heteroatoms. The molecule has 2 heterocycles. The second kappa shape index (κ2) is 9.68. The van der Waals surface area contributed by atoms with Crippen LogP contribution in [0.15, 0.2) is 53.1 Å². The van der Waals surface area contributed by atoms with Crippen molar-refractivity contribution in [3.8, 4) is 5.69 Å². The van der Waals surface area contributed by atoms with Crippen LogP contribution in [-0.4, -0.2) is 28.8 Å². The summed E-state index contributed by atoms with van der Waals surface area (Å²) in [6.45, 7) is 1.67. The first-order valence-electron chi connectivity index (χ1n) is 9.34. The lowest BCUT2D eigenvalue weighted by atomic mass is 9.91. The maximum atomic E-state index is 14.2. The van der Waals surface area contributed by atoms with Crippen LogP contribution in [-0.2, 0) is 0 Å². The van der Waals surface area contributed by atoms with Crippen molar-refractivity contribution in [2.75, 3.05) is 18.4 Å². The molecule has 0 radical (unpaired) electrons. The maximum Gasteiger partial charge on any atom is 0.259 e. The third-order valence-electron chi connectivity index (χ3n) is 5.03. The van der Waals surface area contributed by atoms with Crippen LogP contribution in [0, 0.1) is 11.6 Å². The fraction of sp³-hybridized carbons (Fsp3) is 0.238. The Hall–Kier alpha value is -2.29. The number of carbonyl (C=O) groups is 1. The molecule has 1 saturated heterocycles. The van der Waals surface area contributed by atoms with E-state index in [-0.39, 0.29) is 29.8 Å². The summed E-state index contributed by atoms with van der Waals surface area (Å²) in [6.07, 6.45) is 3.19. The molecule has 2 N–H and O–H groups in total. The quantitative estimate of drug-likeness (QED) is 0.530. The highest BCUT2D eigenvalue weighted by molar-refractivity contribution is 9.10. The highest BCUT2D eigenvalue weighted by Crippen LogP contribution is 2.31. The van der Waals surface area contributed by atoms with E-state index in [4.69, 9.17) is 0 Å². The molecule has 1 amide bonds. The van der Waals surface area contributed by atoms with E-state index in [1.54, 1.807) is 22.9 Å². The van der Waals surface area contributed by atoms with Crippen LogP contribution in [0.4, 0.5) is 14.5 Å². The Morgan fingerprint density at radius 3 is 2.50 bits per heavy atom. The first-order valence-corrected chi connectivity index (χ1v) is 10.1. The lowest BCUT2D eigenvalue weighted by molar-refractivity contribution is 0.102. The molecule has 1 fully saturated rings. The molecule has 4 rings (SSSR count). The van der Waals surface area contributed by atoms with E-state index in [0.717, 1.165) is 31.6 Å². The Morgan fingerprint density at radius 1 is 1.13 bits per heavy atom. The Kier molecular flexibility index (Phi) is 7.23. The predicted molar refractivity (Wildman–Crippen MR) is 118 cm³/mol. The van der Waals surface area contributed by atoms with Gasteiger partial charge in [0.1, 0.15) is 11.6 Å². The van der Waals surface area contributed by atoms with Crippen molar-refractivity contribution in [3.05, 3.63) is 76.0 Å². The van der Waals surface area contributed by atoms with Crippen molar-refractivity contribution < 1.29 is 13.6 Å². The molecule has 0 unspecified atom stereocenters. The van der Waals surface area contributed by atoms with Crippen molar-refractivity contribution in [2.45, 2.75) is 18.8 Å². The molecule has 1 aliphatic heterocycles. The van der Waals surface area contributed by atoms with E-state index in [0.29, 0.717) is 15.7 Å². The van der Waals surface area contributed by atoms with Gasteiger partial charge >= 0.3 is 0 Å². The number of hydrogen-bond acceptors (Lipinski definition) is 3. The van der Waals surface area contributed by atoms with Crippen LogP contribution in [0.5, 0.6) is 0 Å².